The lowest BCUT2D eigenvalue weighted by Gasteiger charge is -2.32. The van der Waals surface area contributed by atoms with E-state index in [2.05, 4.69) is 260 Å². The molecular weight excluding hydrogens is 797 g/mol. The molecule has 11 rings (SSSR count). The molecule has 0 radical (unpaired) electrons. The molecule has 1 aromatic heterocycles. The summed E-state index contributed by atoms with van der Waals surface area (Å²) in [5, 5.41) is 10.1. The van der Waals surface area contributed by atoms with Gasteiger partial charge in [-0.05, 0) is 114 Å². The largest absolute Gasteiger partial charge is 0.309 e. The van der Waals surface area contributed by atoms with Crippen LogP contribution in [0.1, 0.15) is 79.0 Å². The molecule has 324 valence electrons. The van der Waals surface area contributed by atoms with E-state index in [1.54, 1.807) is 0 Å². The molecule has 0 fully saturated rings. The van der Waals surface area contributed by atoms with Crippen molar-refractivity contribution >= 4 is 71.2 Å². The monoisotopic (exact) mass is 854 g/mol. The van der Waals surface area contributed by atoms with Crippen LogP contribution < -0.4 is 4.90 Å². The van der Waals surface area contributed by atoms with E-state index in [1.807, 2.05) is 0 Å². The van der Waals surface area contributed by atoms with Gasteiger partial charge < -0.3 is 9.47 Å². The van der Waals surface area contributed by atoms with E-state index < -0.39 is 0 Å². The third-order valence-corrected chi connectivity index (χ3v) is 14.0. The molecule has 1 heterocycles. The highest BCUT2D eigenvalue weighted by Gasteiger charge is 2.27. The summed E-state index contributed by atoms with van der Waals surface area (Å²) in [7, 11) is 0. The number of benzene rings is 10. The maximum absolute atomic E-state index is 2.56. The molecule has 10 aromatic carbocycles. The average Bonchev–Trinajstić information content (AvgIpc) is 3.64. The first-order valence-corrected chi connectivity index (χ1v) is 23.6. The quantitative estimate of drug-likeness (QED) is 0.151. The molecule has 0 bridgehead atoms. The first-order chi connectivity index (χ1) is 31.6. The molecule has 0 atom stereocenters. The third kappa shape index (κ3) is 6.85. The minimum Gasteiger partial charge on any atom is -0.309 e. The Kier molecular flexibility index (Phi) is 9.57. The van der Waals surface area contributed by atoms with Crippen LogP contribution in [-0.4, -0.2) is 4.57 Å². The van der Waals surface area contributed by atoms with Crippen LogP contribution in [0, 0.1) is 0 Å². The highest BCUT2D eigenvalue weighted by atomic mass is 15.1. The smallest absolute Gasteiger partial charge is 0.0543 e. The molecule has 0 saturated carbocycles. The van der Waals surface area contributed by atoms with Crippen LogP contribution in [0.2, 0.25) is 0 Å². The lowest BCUT2D eigenvalue weighted by atomic mass is 9.81. The van der Waals surface area contributed by atoms with E-state index >= 15 is 0 Å². The van der Waals surface area contributed by atoms with Gasteiger partial charge in [-0.1, -0.05) is 208 Å². The Balaban J connectivity index is 1.22. The molecule has 0 aliphatic heterocycles. The number of nitrogens with zero attached hydrogens (tertiary/aromatic N) is 2. The van der Waals surface area contributed by atoms with Gasteiger partial charge in [-0.25, -0.2) is 0 Å². The van der Waals surface area contributed by atoms with Crippen molar-refractivity contribution in [2.45, 2.75) is 78.6 Å². The Morgan fingerprint density at radius 2 is 0.848 bits per heavy atom. The number of rotatable bonds is 6. The summed E-state index contributed by atoms with van der Waals surface area (Å²) < 4.78 is 2.47. The van der Waals surface area contributed by atoms with Crippen molar-refractivity contribution in [2.75, 3.05) is 4.90 Å². The Labute approximate surface area is 390 Å². The van der Waals surface area contributed by atoms with Gasteiger partial charge in [0.15, 0.2) is 0 Å². The van der Waals surface area contributed by atoms with Gasteiger partial charge in [0, 0.05) is 32.8 Å². The summed E-state index contributed by atoms with van der Waals surface area (Å²) in [6.07, 6.45) is 0. The highest BCUT2D eigenvalue weighted by molar-refractivity contribution is 6.27. The predicted octanol–water partition coefficient (Wildman–Crippen LogP) is 18.4. The summed E-state index contributed by atoms with van der Waals surface area (Å²) in [5.74, 6) is 0. The zero-order valence-electron chi connectivity index (χ0n) is 39.8. The first kappa shape index (κ1) is 41.5. The van der Waals surface area contributed by atoms with Crippen molar-refractivity contribution < 1.29 is 0 Å². The van der Waals surface area contributed by atoms with Gasteiger partial charge in [0.1, 0.15) is 0 Å². The Morgan fingerprint density at radius 3 is 1.47 bits per heavy atom. The highest BCUT2D eigenvalue weighted by Crippen LogP contribution is 2.50. The molecule has 2 nitrogen and oxygen atoms in total. The summed E-state index contributed by atoms with van der Waals surface area (Å²) >= 11 is 0. The van der Waals surface area contributed by atoms with Gasteiger partial charge in [-0.2, -0.15) is 0 Å². The third-order valence-electron chi connectivity index (χ3n) is 14.0. The van der Waals surface area contributed by atoms with Crippen molar-refractivity contribution in [2.24, 2.45) is 0 Å². The van der Waals surface area contributed by atoms with Crippen LogP contribution >= 0.6 is 0 Å². The standard InChI is InChI=1S/C64H58N2/c1-62(2,3)44-27-31-47(32-28-44)65(59-40-46(64(7,8)9)30-36-51(59)48-35-29-45(63(4,5)6)39-54(48)41-17-11-10-12-18-41)57-37-25-42-24-34-53-58(38-26-43-23-33-52(57)60(42)61(43)53)66-55-21-15-13-19-49(55)50-20-14-16-22-56(50)66/h10-40H,1-9H3. The maximum atomic E-state index is 2.56. The SMILES string of the molecule is CC(C)(C)c1ccc(N(c2cc(C(C)(C)C)ccc2-c2ccc(C(C)(C)C)cc2-c2ccccc2)c2ccc3ccc4c(-n5c6ccccc6c6ccccc65)ccc5ccc2c3c54)cc1. The zero-order valence-corrected chi connectivity index (χ0v) is 39.8. The van der Waals surface area contributed by atoms with Gasteiger partial charge in [0.25, 0.3) is 0 Å². The topological polar surface area (TPSA) is 8.17 Å². The van der Waals surface area contributed by atoms with Crippen LogP contribution in [0.25, 0.3) is 82.1 Å². The van der Waals surface area contributed by atoms with E-state index in [0.29, 0.717) is 0 Å². The van der Waals surface area contributed by atoms with Crippen molar-refractivity contribution in [3.05, 3.63) is 205 Å². The zero-order chi connectivity index (χ0) is 45.7. The van der Waals surface area contributed by atoms with E-state index in [4.69, 9.17) is 0 Å². The van der Waals surface area contributed by atoms with Crippen LogP contribution in [0.15, 0.2) is 188 Å². The lowest BCUT2D eigenvalue weighted by molar-refractivity contribution is 0.589. The summed E-state index contributed by atoms with van der Waals surface area (Å²) in [4.78, 5) is 2.56. The molecule has 0 aliphatic carbocycles. The molecule has 2 heteroatoms. The molecule has 0 unspecified atom stereocenters. The number of para-hydroxylation sites is 2. The minimum atomic E-state index is -0.0841. The Bertz CT molecular complexity index is 3570. The number of hydrogen-bond donors (Lipinski definition) is 0. The first-order valence-electron chi connectivity index (χ1n) is 23.6. The summed E-state index contributed by atoms with van der Waals surface area (Å²) in [6, 6.07) is 71.1. The predicted molar refractivity (Wildman–Crippen MR) is 286 cm³/mol. The summed E-state index contributed by atoms with van der Waals surface area (Å²) in [6.45, 7) is 20.8. The van der Waals surface area contributed by atoms with Crippen LogP contribution in [0.4, 0.5) is 17.1 Å². The van der Waals surface area contributed by atoms with Gasteiger partial charge in [0.2, 0.25) is 0 Å². The molecule has 66 heavy (non-hydrogen) atoms. The molecular formula is C64H58N2. The molecule has 0 spiro atoms. The fraction of sp³-hybridized carbons (Fsp3) is 0.188. The van der Waals surface area contributed by atoms with Gasteiger partial charge in [0.05, 0.1) is 28.1 Å². The second kappa shape index (κ2) is 15.2. The number of aromatic nitrogens is 1. The van der Waals surface area contributed by atoms with Crippen molar-refractivity contribution in [1.82, 2.24) is 4.57 Å². The van der Waals surface area contributed by atoms with E-state index in [0.717, 1.165) is 17.1 Å². The number of fused-ring (bicyclic) bond motifs is 3. The fourth-order valence-electron chi connectivity index (χ4n) is 10.4. The van der Waals surface area contributed by atoms with E-state index in [9.17, 15) is 0 Å². The Hall–Kier alpha value is -7.16. The second-order valence-corrected chi connectivity index (χ2v) is 21.5. The molecule has 11 aromatic rings. The number of anilines is 3. The van der Waals surface area contributed by atoms with Crippen LogP contribution in [-0.2, 0) is 16.2 Å². The lowest BCUT2D eigenvalue weighted by Crippen LogP contribution is -2.17. The van der Waals surface area contributed by atoms with Gasteiger partial charge in [-0.15, -0.1) is 0 Å². The molecule has 0 N–H and O–H groups in total. The van der Waals surface area contributed by atoms with Crippen LogP contribution in [0.5, 0.6) is 0 Å². The van der Waals surface area contributed by atoms with Gasteiger partial charge >= 0.3 is 0 Å². The van der Waals surface area contributed by atoms with E-state index in [-0.39, 0.29) is 16.2 Å². The minimum absolute atomic E-state index is 0.00898. The normalized spacial score (nSPS) is 12.6. The molecule has 0 aliphatic rings. The molecule has 0 amide bonds. The average molecular weight is 855 g/mol. The molecule has 0 saturated heterocycles. The van der Waals surface area contributed by atoms with Crippen molar-refractivity contribution in [1.29, 1.82) is 0 Å². The van der Waals surface area contributed by atoms with E-state index in [1.165, 1.54) is 98.8 Å². The van der Waals surface area contributed by atoms with Crippen molar-refractivity contribution in [3.8, 4) is 27.9 Å². The van der Waals surface area contributed by atoms with Gasteiger partial charge in [-0.3, -0.25) is 0 Å². The Morgan fingerprint density at radius 1 is 0.348 bits per heavy atom. The number of hydrogen-bond acceptors (Lipinski definition) is 1. The second-order valence-electron chi connectivity index (χ2n) is 21.5. The summed E-state index contributed by atoms with van der Waals surface area (Å²) in [5.41, 5.74) is 15.8. The van der Waals surface area contributed by atoms with Crippen LogP contribution in [0.3, 0.4) is 0 Å². The fourth-order valence-corrected chi connectivity index (χ4v) is 10.4. The maximum Gasteiger partial charge on any atom is 0.0543 e. The van der Waals surface area contributed by atoms with Crippen molar-refractivity contribution in [3.63, 3.8) is 0 Å².